The molecule has 0 atom stereocenters. The molecule has 20 heavy (non-hydrogen) atoms. The predicted octanol–water partition coefficient (Wildman–Crippen LogP) is 2.50. The van der Waals surface area contributed by atoms with Crippen LogP contribution < -0.4 is 4.90 Å². The fourth-order valence-electron chi connectivity index (χ4n) is 2.70. The molecule has 1 aliphatic heterocycles. The molecule has 1 heterocycles. The zero-order chi connectivity index (χ0) is 14.1. The number of anilines is 1. The highest BCUT2D eigenvalue weighted by molar-refractivity contribution is 5.96. The second kappa shape index (κ2) is 5.13. The average molecular weight is 271 g/mol. The first-order valence-electron chi connectivity index (χ1n) is 6.75. The molecule has 1 saturated heterocycles. The van der Waals surface area contributed by atoms with Crippen LogP contribution in [0.5, 0.6) is 5.75 Å². The lowest BCUT2D eigenvalue weighted by Crippen LogP contribution is -2.36. The maximum atomic E-state index is 11.0. The lowest BCUT2D eigenvalue weighted by molar-refractivity contribution is 0.112. The van der Waals surface area contributed by atoms with Gasteiger partial charge in [-0.25, -0.2) is 0 Å². The summed E-state index contributed by atoms with van der Waals surface area (Å²) in [7, 11) is 0. The third kappa shape index (κ3) is 2.12. The van der Waals surface area contributed by atoms with Gasteiger partial charge in [0.05, 0.1) is 18.9 Å². The van der Waals surface area contributed by atoms with Crippen LogP contribution in [0.1, 0.15) is 15.9 Å². The molecule has 1 N–H and O–H groups in total. The molecule has 4 heteroatoms. The summed E-state index contributed by atoms with van der Waals surface area (Å²) >= 11 is 0. The van der Waals surface area contributed by atoms with E-state index < -0.39 is 0 Å². The molecule has 4 nitrogen and oxygen atoms in total. The standard InChI is InChI=1S/C16H17NO3/c1-11-13(10-18)3-2-12-8-16(19)15(9-14(11)12)17-4-6-20-7-5-17/h2-3,8-10,19H,4-7H2,1H3. The number of ether oxygens (including phenoxy) is 1. The number of aromatic hydroxyl groups is 1. The predicted molar refractivity (Wildman–Crippen MR) is 78.8 cm³/mol. The van der Waals surface area contributed by atoms with Crippen LogP contribution in [0.25, 0.3) is 10.8 Å². The zero-order valence-corrected chi connectivity index (χ0v) is 11.4. The number of morpholine rings is 1. The van der Waals surface area contributed by atoms with Gasteiger partial charge < -0.3 is 14.7 Å². The van der Waals surface area contributed by atoms with Crippen molar-refractivity contribution in [1.29, 1.82) is 0 Å². The van der Waals surface area contributed by atoms with Crippen molar-refractivity contribution in [1.82, 2.24) is 0 Å². The number of fused-ring (bicyclic) bond motifs is 1. The molecule has 0 bridgehead atoms. The fraction of sp³-hybridized carbons (Fsp3) is 0.312. The highest BCUT2D eigenvalue weighted by atomic mass is 16.5. The van der Waals surface area contributed by atoms with Gasteiger partial charge in [-0.1, -0.05) is 12.1 Å². The van der Waals surface area contributed by atoms with Crippen molar-refractivity contribution >= 4 is 22.7 Å². The molecule has 0 saturated carbocycles. The molecule has 0 unspecified atom stereocenters. The van der Waals surface area contributed by atoms with E-state index in [0.29, 0.717) is 18.8 Å². The van der Waals surface area contributed by atoms with Crippen LogP contribution in [0.2, 0.25) is 0 Å². The number of rotatable bonds is 2. The Morgan fingerprint density at radius 1 is 1.25 bits per heavy atom. The molecule has 1 fully saturated rings. The molecule has 3 rings (SSSR count). The Kier molecular flexibility index (Phi) is 3.32. The number of phenolic OH excluding ortho intramolecular Hbond substituents is 1. The second-order valence-electron chi connectivity index (χ2n) is 5.06. The Morgan fingerprint density at radius 2 is 2.00 bits per heavy atom. The monoisotopic (exact) mass is 271 g/mol. The van der Waals surface area contributed by atoms with Gasteiger partial charge in [-0.15, -0.1) is 0 Å². The van der Waals surface area contributed by atoms with E-state index in [-0.39, 0.29) is 5.75 Å². The third-order valence-corrected chi connectivity index (χ3v) is 3.90. The van der Waals surface area contributed by atoms with Crippen molar-refractivity contribution in [2.24, 2.45) is 0 Å². The van der Waals surface area contributed by atoms with E-state index in [1.807, 2.05) is 19.1 Å². The summed E-state index contributed by atoms with van der Waals surface area (Å²) < 4.78 is 5.34. The van der Waals surface area contributed by atoms with Gasteiger partial charge in [0.1, 0.15) is 12.0 Å². The number of aryl methyl sites for hydroxylation is 1. The van der Waals surface area contributed by atoms with Crippen LogP contribution in [0.4, 0.5) is 5.69 Å². The molecule has 2 aromatic carbocycles. The summed E-state index contributed by atoms with van der Waals surface area (Å²) in [6.45, 7) is 4.82. The average Bonchev–Trinajstić information content (AvgIpc) is 2.48. The molecule has 0 aromatic heterocycles. The molecule has 0 amide bonds. The van der Waals surface area contributed by atoms with Crippen molar-refractivity contribution in [3.63, 3.8) is 0 Å². The summed E-state index contributed by atoms with van der Waals surface area (Å²) in [6.07, 6.45) is 0.871. The Labute approximate surface area is 117 Å². The van der Waals surface area contributed by atoms with Crippen molar-refractivity contribution in [2.75, 3.05) is 31.2 Å². The minimum atomic E-state index is 0.276. The maximum absolute atomic E-state index is 11.0. The molecular weight excluding hydrogens is 254 g/mol. The number of benzene rings is 2. The van der Waals surface area contributed by atoms with E-state index in [1.165, 1.54) is 0 Å². The van der Waals surface area contributed by atoms with E-state index in [9.17, 15) is 9.90 Å². The topological polar surface area (TPSA) is 49.8 Å². The normalized spacial score (nSPS) is 15.6. The third-order valence-electron chi connectivity index (χ3n) is 3.90. The SMILES string of the molecule is Cc1c(C=O)ccc2cc(O)c(N3CCOCC3)cc12. The van der Waals surface area contributed by atoms with E-state index in [4.69, 9.17) is 4.74 Å². The van der Waals surface area contributed by atoms with Crippen molar-refractivity contribution < 1.29 is 14.6 Å². The first kappa shape index (κ1) is 12.9. The van der Waals surface area contributed by atoms with Crippen molar-refractivity contribution in [3.8, 4) is 5.75 Å². The fourth-order valence-corrected chi connectivity index (χ4v) is 2.70. The molecular formula is C16H17NO3. The van der Waals surface area contributed by atoms with Gasteiger partial charge in [0, 0.05) is 18.7 Å². The van der Waals surface area contributed by atoms with Crippen LogP contribution in [-0.4, -0.2) is 37.7 Å². The summed E-state index contributed by atoms with van der Waals surface area (Å²) in [5, 5.41) is 12.2. The smallest absolute Gasteiger partial charge is 0.150 e. The van der Waals surface area contributed by atoms with Gasteiger partial charge in [0.15, 0.2) is 0 Å². The van der Waals surface area contributed by atoms with Crippen LogP contribution in [0.3, 0.4) is 0 Å². The maximum Gasteiger partial charge on any atom is 0.150 e. The second-order valence-corrected chi connectivity index (χ2v) is 5.06. The lowest BCUT2D eigenvalue weighted by atomic mass is 9.99. The van der Waals surface area contributed by atoms with E-state index >= 15 is 0 Å². The highest BCUT2D eigenvalue weighted by Crippen LogP contribution is 2.34. The number of hydrogen-bond donors (Lipinski definition) is 1. The molecule has 104 valence electrons. The summed E-state index contributed by atoms with van der Waals surface area (Å²) in [5.41, 5.74) is 2.45. The Bertz CT molecular complexity index is 660. The number of nitrogens with zero attached hydrogens (tertiary/aromatic N) is 1. The van der Waals surface area contributed by atoms with Crippen LogP contribution >= 0.6 is 0 Å². The zero-order valence-electron chi connectivity index (χ0n) is 11.4. The molecule has 0 spiro atoms. The number of carbonyl (C=O) groups is 1. The van der Waals surface area contributed by atoms with Gasteiger partial charge in [0.2, 0.25) is 0 Å². The first-order chi connectivity index (χ1) is 9.70. The van der Waals surface area contributed by atoms with Gasteiger partial charge in [0.25, 0.3) is 0 Å². The van der Waals surface area contributed by atoms with E-state index in [1.54, 1.807) is 12.1 Å². The van der Waals surface area contributed by atoms with Gasteiger partial charge >= 0.3 is 0 Å². The Hall–Kier alpha value is -2.07. The van der Waals surface area contributed by atoms with Gasteiger partial charge in [-0.2, -0.15) is 0 Å². The van der Waals surface area contributed by atoms with Crippen molar-refractivity contribution in [3.05, 3.63) is 35.4 Å². The van der Waals surface area contributed by atoms with Crippen LogP contribution in [0.15, 0.2) is 24.3 Å². The number of aldehydes is 1. The molecule has 0 aliphatic carbocycles. The molecule has 1 aliphatic rings. The van der Waals surface area contributed by atoms with Crippen molar-refractivity contribution in [2.45, 2.75) is 6.92 Å². The van der Waals surface area contributed by atoms with Crippen LogP contribution in [-0.2, 0) is 4.74 Å². The Balaban J connectivity index is 2.15. The molecule has 2 aromatic rings. The first-order valence-corrected chi connectivity index (χ1v) is 6.75. The quantitative estimate of drug-likeness (QED) is 0.853. The summed E-state index contributed by atoms with van der Waals surface area (Å²) in [5.74, 6) is 0.276. The van der Waals surface area contributed by atoms with Gasteiger partial charge in [-0.05, 0) is 35.4 Å². The van der Waals surface area contributed by atoms with E-state index in [2.05, 4.69) is 4.90 Å². The van der Waals surface area contributed by atoms with Gasteiger partial charge in [-0.3, -0.25) is 4.79 Å². The molecule has 0 radical (unpaired) electrons. The number of hydrogen-bond acceptors (Lipinski definition) is 4. The highest BCUT2D eigenvalue weighted by Gasteiger charge is 2.16. The Morgan fingerprint density at radius 3 is 2.70 bits per heavy atom. The summed E-state index contributed by atoms with van der Waals surface area (Å²) in [6, 6.07) is 7.40. The number of phenols is 1. The largest absolute Gasteiger partial charge is 0.506 e. The van der Waals surface area contributed by atoms with Crippen LogP contribution in [0, 0.1) is 6.92 Å². The minimum Gasteiger partial charge on any atom is -0.506 e. The number of carbonyl (C=O) groups excluding carboxylic acids is 1. The lowest BCUT2D eigenvalue weighted by Gasteiger charge is -2.29. The van der Waals surface area contributed by atoms with E-state index in [0.717, 1.165) is 41.4 Å². The minimum absolute atomic E-state index is 0.276. The summed E-state index contributed by atoms with van der Waals surface area (Å²) in [4.78, 5) is 13.2.